The third-order valence-electron chi connectivity index (χ3n) is 2.42. The van der Waals surface area contributed by atoms with Gasteiger partial charge in [0.2, 0.25) is 0 Å². The van der Waals surface area contributed by atoms with Gasteiger partial charge in [0.15, 0.2) is 0 Å². The molecule has 0 aliphatic carbocycles. The lowest BCUT2D eigenvalue weighted by molar-refractivity contribution is 0.475. The lowest BCUT2D eigenvalue weighted by atomic mass is 10.0. The van der Waals surface area contributed by atoms with E-state index in [-0.39, 0.29) is 16.2 Å². The molecule has 0 saturated heterocycles. The average Bonchev–Trinajstić information content (AvgIpc) is 2.26. The molecular weight excluding hydrogens is 254 g/mol. The molecule has 0 heterocycles. The van der Waals surface area contributed by atoms with Crippen molar-refractivity contribution < 1.29 is 18.1 Å². The lowest BCUT2D eigenvalue weighted by Gasteiger charge is -2.08. The number of benzene rings is 2. The van der Waals surface area contributed by atoms with Crippen molar-refractivity contribution in [1.29, 1.82) is 0 Å². The average molecular weight is 265 g/mol. The van der Waals surface area contributed by atoms with E-state index in [1.54, 1.807) is 6.07 Å². The molecule has 4 N–H and O–H groups in total. The molecule has 2 rings (SSSR count). The first-order chi connectivity index (χ1) is 8.38. The summed E-state index contributed by atoms with van der Waals surface area (Å²) < 4.78 is 31.7. The van der Waals surface area contributed by atoms with E-state index in [9.17, 15) is 13.5 Å². The number of nitrogens with two attached hydrogens (primary N) is 1. The molecule has 0 spiro atoms. The summed E-state index contributed by atoms with van der Waals surface area (Å²) in [6.07, 6.45) is 0. The second-order valence-corrected chi connectivity index (χ2v) is 5.17. The Balaban J connectivity index is 2.72. The third-order valence-corrected chi connectivity index (χ3v) is 3.33. The second kappa shape index (κ2) is 4.32. The number of rotatable bonds is 2. The molecular formula is C12H11NO4S. The first-order valence-electron chi connectivity index (χ1n) is 5.04. The smallest absolute Gasteiger partial charge is 0.295 e. The van der Waals surface area contributed by atoms with Gasteiger partial charge in [-0.25, -0.2) is 0 Å². The Morgan fingerprint density at radius 1 is 1.06 bits per heavy atom. The SMILES string of the molecule is Nc1cc(O)cc(-c2ccccc2S(=O)(=O)O)c1. The topological polar surface area (TPSA) is 101 Å². The summed E-state index contributed by atoms with van der Waals surface area (Å²) in [4.78, 5) is -0.227. The number of anilines is 1. The summed E-state index contributed by atoms with van der Waals surface area (Å²) in [6, 6.07) is 10.2. The summed E-state index contributed by atoms with van der Waals surface area (Å²) >= 11 is 0. The van der Waals surface area contributed by atoms with Gasteiger partial charge in [0, 0.05) is 17.3 Å². The first kappa shape index (κ1) is 12.4. The van der Waals surface area contributed by atoms with E-state index < -0.39 is 10.1 Å². The normalized spacial score (nSPS) is 11.4. The van der Waals surface area contributed by atoms with Gasteiger partial charge in [-0.1, -0.05) is 18.2 Å². The van der Waals surface area contributed by atoms with Crippen LogP contribution in [-0.4, -0.2) is 18.1 Å². The van der Waals surface area contributed by atoms with Crippen LogP contribution >= 0.6 is 0 Å². The molecule has 0 aliphatic heterocycles. The van der Waals surface area contributed by atoms with Crippen LogP contribution < -0.4 is 5.73 Å². The minimum absolute atomic E-state index is 0.0739. The van der Waals surface area contributed by atoms with Gasteiger partial charge in [0.1, 0.15) is 10.6 Å². The summed E-state index contributed by atoms with van der Waals surface area (Å²) in [6.45, 7) is 0. The standard InChI is InChI=1S/C12H11NO4S/c13-9-5-8(6-10(14)7-9)11-3-1-2-4-12(11)18(15,16)17/h1-7,14H,13H2,(H,15,16,17). The maximum absolute atomic E-state index is 11.3. The van der Waals surface area contributed by atoms with Gasteiger partial charge >= 0.3 is 0 Å². The zero-order valence-corrected chi connectivity index (χ0v) is 10.1. The van der Waals surface area contributed by atoms with E-state index in [1.165, 1.54) is 36.4 Å². The molecule has 18 heavy (non-hydrogen) atoms. The molecule has 0 aliphatic rings. The summed E-state index contributed by atoms with van der Waals surface area (Å²) in [5, 5.41) is 9.46. The molecule has 0 radical (unpaired) electrons. The summed E-state index contributed by atoms with van der Waals surface area (Å²) in [5.74, 6) is -0.0739. The van der Waals surface area contributed by atoms with Crippen LogP contribution in [0.2, 0.25) is 0 Å². The van der Waals surface area contributed by atoms with Crippen LogP contribution in [0.15, 0.2) is 47.4 Å². The van der Waals surface area contributed by atoms with Gasteiger partial charge in [0.05, 0.1) is 0 Å². The minimum Gasteiger partial charge on any atom is -0.508 e. The second-order valence-electron chi connectivity index (χ2n) is 3.78. The van der Waals surface area contributed by atoms with Gasteiger partial charge in [-0.05, 0) is 23.8 Å². The highest BCUT2D eigenvalue weighted by Crippen LogP contribution is 2.31. The Bertz CT molecular complexity index is 675. The Kier molecular flexibility index (Phi) is 2.98. The fourth-order valence-corrected chi connectivity index (χ4v) is 2.43. The molecule has 0 fully saturated rings. The van der Waals surface area contributed by atoms with Crippen molar-refractivity contribution in [3.05, 3.63) is 42.5 Å². The van der Waals surface area contributed by atoms with Gasteiger partial charge < -0.3 is 10.8 Å². The molecule has 0 atom stereocenters. The largest absolute Gasteiger partial charge is 0.508 e. The van der Waals surface area contributed by atoms with Crippen LogP contribution in [0.5, 0.6) is 5.75 Å². The maximum Gasteiger partial charge on any atom is 0.295 e. The number of phenols is 1. The molecule has 0 bridgehead atoms. The monoisotopic (exact) mass is 265 g/mol. The van der Waals surface area contributed by atoms with E-state index in [1.807, 2.05) is 0 Å². The molecule has 2 aromatic carbocycles. The van der Waals surface area contributed by atoms with Crippen LogP contribution in [-0.2, 0) is 10.1 Å². The molecule has 0 amide bonds. The Labute approximate surface area is 104 Å². The van der Waals surface area contributed by atoms with Gasteiger partial charge in [-0.2, -0.15) is 8.42 Å². The molecule has 2 aromatic rings. The Morgan fingerprint density at radius 2 is 1.72 bits per heavy atom. The molecule has 0 saturated carbocycles. The predicted octanol–water partition coefficient (Wildman–Crippen LogP) is 1.89. The number of nitrogen functional groups attached to an aromatic ring is 1. The zero-order valence-electron chi connectivity index (χ0n) is 9.24. The van der Waals surface area contributed by atoms with Gasteiger partial charge in [-0.3, -0.25) is 4.55 Å². The van der Waals surface area contributed by atoms with E-state index in [0.717, 1.165) is 0 Å². The van der Waals surface area contributed by atoms with Crippen molar-refractivity contribution in [3.63, 3.8) is 0 Å². The summed E-state index contributed by atoms with van der Waals surface area (Å²) in [5.41, 5.74) is 6.58. The van der Waals surface area contributed by atoms with Crippen LogP contribution in [0.4, 0.5) is 5.69 Å². The van der Waals surface area contributed by atoms with Crippen molar-refractivity contribution in [2.75, 3.05) is 5.73 Å². The van der Waals surface area contributed by atoms with E-state index in [0.29, 0.717) is 11.3 Å². The molecule has 94 valence electrons. The molecule has 0 unspecified atom stereocenters. The zero-order chi connectivity index (χ0) is 13.3. The molecule has 5 nitrogen and oxygen atoms in total. The molecule has 6 heteroatoms. The number of aromatic hydroxyl groups is 1. The first-order valence-corrected chi connectivity index (χ1v) is 6.48. The molecule has 0 aromatic heterocycles. The highest BCUT2D eigenvalue weighted by atomic mass is 32.2. The van der Waals surface area contributed by atoms with Crippen molar-refractivity contribution in [1.82, 2.24) is 0 Å². The quantitative estimate of drug-likeness (QED) is 0.568. The van der Waals surface area contributed by atoms with Crippen LogP contribution in [0.25, 0.3) is 11.1 Å². The van der Waals surface area contributed by atoms with Crippen LogP contribution in [0.1, 0.15) is 0 Å². The Morgan fingerprint density at radius 3 is 2.33 bits per heavy atom. The number of hydrogen-bond acceptors (Lipinski definition) is 4. The van der Waals surface area contributed by atoms with Gasteiger partial charge in [0.25, 0.3) is 10.1 Å². The van der Waals surface area contributed by atoms with Crippen molar-refractivity contribution in [2.24, 2.45) is 0 Å². The fourth-order valence-electron chi connectivity index (χ4n) is 1.72. The number of hydrogen-bond donors (Lipinski definition) is 3. The minimum atomic E-state index is -4.33. The van der Waals surface area contributed by atoms with Crippen LogP contribution in [0, 0.1) is 0 Å². The van der Waals surface area contributed by atoms with Crippen molar-refractivity contribution in [3.8, 4) is 16.9 Å². The Hall–Kier alpha value is -2.05. The van der Waals surface area contributed by atoms with Crippen molar-refractivity contribution in [2.45, 2.75) is 4.90 Å². The van der Waals surface area contributed by atoms with Crippen LogP contribution in [0.3, 0.4) is 0 Å². The highest BCUT2D eigenvalue weighted by Gasteiger charge is 2.16. The van der Waals surface area contributed by atoms with Gasteiger partial charge in [-0.15, -0.1) is 0 Å². The predicted molar refractivity (Wildman–Crippen MR) is 67.8 cm³/mol. The fraction of sp³-hybridized carbons (Fsp3) is 0. The number of phenolic OH excluding ortho intramolecular Hbond substituents is 1. The van der Waals surface area contributed by atoms with E-state index in [4.69, 9.17) is 10.3 Å². The highest BCUT2D eigenvalue weighted by molar-refractivity contribution is 7.86. The third kappa shape index (κ3) is 2.44. The maximum atomic E-state index is 11.3. The van der Waals surface area contributed by atoms with E-state index in [2.05, 4.69) is 0 Å². The summed E-state index contributed by atoms with van der Waals surface area (Å²) in [7, 11) is -4.33. The van der Waals surface area contributed by atoms with Crippen molar-refractivity contribution >= 4 is 15.8 Å². The van der Waals surface area contributed by atoms with E-state index >= 15 is 0 Å². The lowest BCUT2D eigenvalue weighted by Crippen LogP contribution is -2.00.